The minimum absolute atomic E-state index is 0.436. The Morgan fingerprint density at radius 3 is 2.65 bits per heavy atom. The number of benzene rings is 2. The van der Waals surface area contributed by atoms with Crippen molar-refractivity contribution >= 4 is 11.6 Å². The molecule has 0 N–H and O–H groups in total. The molecule has 0 atom stereocenters. The molecule has 2 aromatic carbocycles. The predicted molar refractivity (Wildman–Crippen MR) is 74.3 cm³/mol. The van der Waals surface area contributed by atoms with Crippen molar-refractivity contribution in [3.8, 4) is 23.1 Å². The molecule has 1 aromatic heterocycles. The molecule has 0 fully saturated rings. The number of nitriles is 1. The van der Waals surface area contributed by atoms with Crippen molar-refractivity contribution in [1.82, 2.24) is 20.2 Å². The summed E-state index contributed by atoms with van der Waals surface area (Å²) < 4.78 is 0. The molecule has 3 aromatic rings. The number of halogens is 1. The fraction of sp³-hybridized carbons (Fsp3) is 0. The van der Waals surface area contributed by atoms with Crippen molar-refractivity contribution in [1.29, 1.82) is 5.26 Å². The SMILES string of the molecule is N#Cc1ccc(Cl)cc1-n1nnc(-c2ccccc2)n1. The van der Waals surface area contributed by atoms with E-state index in [-0.39, 0.29) is 0 Å². The van der Waals surface area contributed by atoms with E-state index in [2.05, 4.69) is 21.5 Å². The third-order valence-corrected chi connectivity index (χ3v) is 2.98. The molecule has 0 saturated carbocycles. The maximum absolute atomic E-state index is 9.11. The van der Waals surface area contributed by atoms with Gasteiger partial charge in [0.15, 0.2) is 0 Å². The first-order valence-electron chi connectivity index (χ1n) is 5.83. The van der Waals surface area contributed by atoms with E-state index < -0.39 is 0 Å². The maximum atomic E-state index is 9.11. The van der Waals surface area contributed by atoms with Gasteiger partial charge in [0.25, 0.3) is 0 Å². The quantitative estimate of drug-likeness (QED) is 0.724. The molecule has 6 heteroatoms. The van der Waals surface area contributed by atoms with Crippen LogP contribution in [-0.2, 0) is 0 Å². The molecular formula is C14H8ClN5. The number of hydrogen-bond acceptors (Lipinski definition) is 4. The van der Waals surface area contributed by atoms with Crippen molar-refractivity contribution in [2.24, 2.45) is 0 Å². The summed E-state index contributed by atoms with van der Waals surface area (Å²) in [6.45, 7) is 0. The molecule has 0 spiro atoms. The topological polar surface area (TPSA) is 67.4 Å². The summed E-state index contributed by atoms with van der Waals surface area (Å²) in [7, 11) is 0. The van der Waals surface area contributed by atoms with Gasteiger partial charge in [0.05, 0.1) is 5.56 Å². The van der Waals surface area contributed by atoms with Gasteiger partial charge in [-0.1, -0.05) is 41.9 Å². The van der Waals surface area contributed by atoms with Crippen LogP contribution in [-0.4, -0.2) is 20.2 Å². The van der Waals surface area contributed by atoms with Crippen molar-refractivity contribution < 1.29 is 0 Å². The van der Waals surface area contributed by atoms with E-state index in [1.807, 2.05) is 30.3 Å². The summed E-state index contributed by atoms with van der Waals surface area (Å²) in [4.78, 5) is 1.31. The minimum Gasteiger partial charge on any atom is -0.192 e. The molecule has 0 unspecified atom stereocenters. The fourth-order valence-electron chi connectivity index (χ4n) is 1.78. The third kappa shape index (κ3) is 2.25. The van der Waals surface area contributed by atoms with Gasteiger partial charge < -0.3 is 0 Å². The van der Waals surface area contributed by atoms with E-state index in [1.54, 1.807) is 18.2 Å². The summed E-state index contributed by atoms with van der Waals surface area (Å²) in [6.07, 6.45) is 0. The molecule has 5 nitrogen and oxygen atoms in total. The van der Waals surface area contributed by atoms with Crippen LogP contribution in [0.15, 0.2) is 48.5 Å². The lowest BCUT2D eigenvalue weighted by Crippen LogP contribution is -2.02. The number of aromatic nitrogens is 4. The highest BCUT2D eigenvalue weighted by Gasteiger charge is 2.11. The van der Waals surface area contributed by atoms with Gasteiger partial charge in [0.1, 0.15) is 11.8 Å². The number of hydrogen-bond donors (Lipinski definition) is 0. The van der Waals surface area contributed by atoms with E-state index >= 15 is 0 Å². The summed E-state index contributed by atoms with van der Waals surface area (Å²) in [5.41, 5.74) is 1.81. The Morgan fingerprint density at radius 2 is 1.90 bits per heavy atom. The van der Waals surface area contributed by atoms with Gasteiger partial charge in [-0.15, -0.1) is 15.0 Å². The molecule has 0 radical (unpaired) electrons. The lowest BCUT2D eigenvalue weighted by Gasteiger charge is -2.01. The van der Waals surface area contributed by atoms with E-state index in [9.17, 15) is 0 Å². The first-order valence-corrected chi connectivity index (χ1v) is 6.21. The van der Waals surface area contributed by atoms with E-state index in [1.165, 1.54) is 4.80 Å². The summed E-state index contributed by atoms with van der Waals surface area (Å²) >= 11 is 5.95. The Morgan fingerprint density at radius 1 is 1.10 bits per heavy atom. The Kier molecular flexibility index (Phi) is 3.15. The van der Waals surface area contributed by atoms with Crippen molar-refractivity contribution in [2.75, 3.05) is 0 Å². The van der Waals surface area contributed by atoms with E-state index in [0.29, 0.717) is 22.1 Å². The second kappa shape index (κ2) is 5.11. The molecule has 20 heavy (non-hydrogen) atoms. The summed E-state index contributed by atoms with van der Waals surface area (Å²) in [5.74, 6) is 0.495. The predicted octanol–water partition coefficient (Wildman–Crippen LogP) is 2.85. The van der Waals surface area contributed by atoms with Crippen molar-refractivity contribution in [3.05, 3.63) is 59.1 Å². The zero-order chi connectivity index (χ0) is 13.9. The van der Waals surface area contributed by atoms with Crippen LogP contribution in [0, 0.1) is 11.3 Å². The van der Waals surface area contributed by atoms with E-state index in [0.717, 1.165) is 5.56 Å². The summed E-state index contributed by atoms with van der Waals surface area (Å²) in [5, 5.41) is 21.9. The van der Waals surface area contributed by atoms with Crippen molar-refractivity contribution in [3.63, 3.8) is 0 Å². The molecule has 0 aliphatic rings. The van der Waals surface area contributed by atoms with Gasteiger partial charge in [-0.05, 0) is 23.4 Å². The molecular weight excluding hydrogens is 274 g/mol. The summed E-state index contributed by atoms with van der Waals surface area (Å²) in [6, 6.07) is 16.5. The maximum Gasteiger partial charge on any atom is 0.205 e. The lowest BCUT2D eigenvalue weighted by molar-refractivity contribution is 0.718. The number of tetrazole rings is 1. The number of nitrogens with zero attached hydrogens (tertiary/aromatic N) is 5. The largest absolute Gasteiger partial charge is 0.205 e. The molecule has 0 bridgehead atoms. The van der Waals surface area contributed by atoms with Gasteiger partial charge >= 0.3 is 0 Å². The van der Waals surface area contributed by atoms with Gasteiger partial charge in [-0.2, -0.15) is 5.26 Å². The highest BCUT2D eigenvalue weighted by molar-refractivity contribution is 6.30. The van der Waals surface area contributed by atoms with Crippen LogP contribution in [0.2, 0.25) is 5.02 Å². The fourth-order valence-corrected chi connectivity index (χ4v) is 1.95. The van der Waals surface area contributed by atoms with Crippen LogP contribution in [0.5, 0.6) is 0 Å². The molecule has 3 rings (SSSR count). The van der Waals surface area contributed by atoms with Crippen LogP contribution in [0.4, 0.5) is 0 Å². The lowest BCUT2D eigenvalue weighted by atomic mass is 10.2. The monoisotopic (exact) mass is 281 g/mol. The molecule has 0 amide bonds. The molecule has 0 aliphatic carbocycles. The van der Waals surface area contributed by atoms with Crippen LogP contribution >= 0.6 is 11.6 Å². The smallest absolute Gasteiger partial charge is 0.192 e. The minimum atomic E-state index is 0.436. The number of rotatable bonds is 2. The zero-order valence-electron chi connectivity index (χ0n) is 10.2. The average molecular weight is 282 g/mol. The Labute approximate surface area is 120 Å². The Balaban J connectivity index is 2.07. The van der Waals surface area contributed by atoms with Gasteiger partial charge in [-0.3, -0.25) is 0 Å². The van der Waals surface area contributed by atoms with Gasteiger partial charge in [-0.25, -0.2) is 0 Å². The average Bonchev–Trinajstić information content (AvgIpc) is 2.98. The van der Waals surface area contributed by atoms with E-state index in [4.69, 9.17) is 16.9 Å². The van der Waals surface area contributed by atoms with Gasteiger partial charge in [0, 0.05) is 10.6 Å². The highest BCUT2D eigenvalue weighted by Crippen LogP contribution is 2.19. The first kappa shape index (κ1) is 12.3. The normalized spacial score (nSPS) is 10.2. The molecule has 1 heterocycles. The van der Waals surface area contributed by atoms with Gasteiger partial charge in [0.2, 0.25) is 5.82 Å². The second-order valence-electron chi connectivity index (χ2n) is 4.04. The van der Waals surface area contributed by atoms with Crippen LogP contribution < -0.4 is 0 Å². The van der Waals surface area contributed by atoms with Crippen molar-refractivity contribution in [2.45, 2.75) is 0 Å². The third-order valence-electron chi connectivity index (χ3n) is 2.74. The molecule has 0 aliphatic heterocycles. The van der Waals surface area contributed by atoms with Crippen LogP contribution in [0.1, 0.15) is 5.56 Å². The highest BCUT2D eigenvalue weighted by atomic mass is 35.5. The van der Waals surface area contributed by atoms with Crippen LogP contribution in [0.25, 0.3) is 17.1 Å². The standard InChI is InChI=1S/C14H8ClN5/c15-12-7-6-11(9-16)13(8-12)20-18-14(17-19-20)10-4-2-1-3-5-10/h1-8H. The molecule has 0 saturated heterocycles. The van der Waals surface area contributed by atoms with Crippen LogP contribution in [0.3, 0.4) is 0 Å². The first-order chi connectivity index (χ1) is 9.78. The zero-order valence-corrected chi connectivity index (χ0v) is 11.0. The Hall–Kier alpha value is -2.71. The Bertz CT molecular complexity index is 789. The molecule has 96 valence electrons. The second-order valence-corrected chi connectivity index (χ2v) is 4.48.